The van der Waals surface area contributed by atoms with Crippen molar-refractivity contribution in [2.75, 3.05) is 12.4 Å². The summed E-state index contributed by atoms with van der Waals surface area (Å²) in [5, 5.41) is 17.5. The van der Waals surface area contributed by atoms with E-state index in [4.69, 9.17) is 9.15 Å². The Morgan fingerprint density at radius 2 is 1.97 bits per heavy atom. The number of furan rings is 1. The van der Waals surface area contributed by atoms with E-state index in [1.165, 1.54) is 44.5 Å². The first-order chi connectivity index (χ1) is 14.9. The third-order valence-corrected chi connectivity index (χ3v) is 4.09. The van der Waals surface area contributed by atoms with Gasteiger partial charge in [0.15, 0.2) is 0 Å². The van der Waals surface area contributed by atoms with Crippen molar-refractivity contribution in [1.29, 1.82) is 0 Å². The second kappa shape index (κ2) is 9.35. The number of nitrogens with zero attached hydrogens (tertiary/aromatic N) is 2. The number of hydrazone groups is 1. The molecule has 3 aromatic rings. The molecular weight excluding hydrogens is 404 g/mol. The Hall–Kier alpha value is -4.47. The van der Waals surface area contributed by atoms with Crippen molar-refractivity contribution >= 4 is 29.4 Å². The van der Waals surface area contributed by atoms with Crippen molar-refractivity contribution in [2.45, 2.75) is 6.92 Å². The number of nitro benzene ring substituents is 1. The molecule has 10 heteroatoms. The number of ether oxygens (including phenoxy) is 1. The summed E-state index contributed by atoms with van der Waals surface area (Å²) < 4.78 is 10.9. The first-order valence-electron chi connectivity index (χ1n) is 9.01. The van der Waals surface area contributed by atoms with Gasteiger partial charge in [-0.1, -0.05) is 6.07 Å². The Morgan fingerprint density at radius 3 is 2.68 bits per heavy atom. The summed E-state index contributed by atoms with van der Waals surface area (Å²) in [6.45, 7) is 1.37. The van der Waals surface area contributed by atoms with Crippen LogP contribution in [-0.2, 0) is 4.79 Å². The monoisotopic (exact) mass is 422 g/mol. The number of non-ortho nitro benzene ring substituents is 1. The Balaban J connectivity index is 1.72. The van der Waals surface area contributed by atoms with Crippen LogP contribution in [0.5, 0.6) is 5.75 Å². The highest BCUT2D eigenvalue weighted by atomic mass is 16.6. The van der Waals surface area contributed by atoms with Crippen molar-refractivity contribution in [1.82, 2.24) is 5.43 Å². The standard InChI is InChI=1S/C21H18N4O6/c1-13(26)23-15-5-3-4-14(10-15)21(27)24-22-12-17-7-9-20(31-17)18-11-16(25(28)29)6-8-19(18)30-2/h3-12H,1-2H3,(H,23,26)(H,24,27). The van der Waals surface area contributed by atoms with Crippen LogP contribution in [0.2, 0.25) is 0 Å². The zero-order valence-corrected chi connectivity index (χ0v) is 16.6. The Bertz CT molecular complexity index is 1170. The van der Waals surface area contributed by atoms with Crippen molar-refractivity contribution in [3.63, 3.8) is 0 Å². The maximum absolute atomic E-state index is 12.2. The summed E-state index contributed by atoms with van der Waals surface area (Å²) >= 11 is 0. The van der Waals surface area contributed by atoms with E-state index >= 15 is 0 Å². The number of benzene rings is 2. The van der Waals surface area contributed by atoms with Crippen LogP contribution in [0.4, 0.5) is 11.4 Å². The van der Waals surface area contributed by atoms with E-state index in [2.05, 4.69) is 15.8 Å². The number of hydrogen-bond donors (Lipinski definition) is 2. The maximum atomic E-state index is 12.2. The maximum Gasteiger partial charge on any atom is 0.271 e. The molecule has 0 radical (unpaired) electrons. The van der Waals surface area contributed by atoms with Crippen LogP contribution in [0.3, 0.4) is 0 Å². The van der Waals surface area contributed by atoms with E-state index in [0.717, 1.165) is 0 Å². The third-order valence-electron chi connectivity index (χ3n) is 4.09. The van der Waals surface area contributed by atoms with Crippen LogP contribution in [0.1, 0.15) is 23.0 Å². The normalized spacial score (nSPS) is 10.6. The Labute approximate surface area is 176 Å². The lowest BCUT2D eigenvalue weighted by Crippen LogP contribution is -2.18. The minimum atomic E-state index is -0.509. The summed E-state index contributed by atoms with van der Waals surface area (Å²) in [6.07, 6.45) is 1.29. The summed E-state index contributed by atoms with van der Waals surface area (Å²) in [5.74, 6) is 0.350. The van der Waals surface area contributed by atoms with Gasteiger partial charge in [0.2, 0.25) is 5.91 Å². The Morgan fingerprint density at radius 1 is 1.16 bits per heavy atom. The van der Waals surface area contributed by atoms with Crippen molar-refractivity contribution in [3.8, 4) is 17.1 Å². The Kier molecular flexibility index (Phi) is 6.41. The molecule has 1 aromatic heterocycles. The highest BCUT2D eigenvalue weighted by Crippen LogP contribution is 2.34. The topological polar surface area (TPSA) is 136 Å². The largest absolute Gasteiger partial charge is 0.496 e. The molecule has 0 fully saturated rings. The first kappa shape index (κ1) is 21.2. The molecule has 158 valence electrons. The molecule has 10 nitrogen and oxygen atoms in total. The second-order valence-corrected chi connectivity index (χ2v) is 6.30. The van der Waals surface area contributed by atoms with Crippen LogP contribution < -0.4 is 15.5 Å². The predicted molar refractivity (Wildman–Crippen MR) is 113 cm³/mol. The van der Waals surface area contributed by atoms with Gasteiger partial charge in [-0.3, -0.25) is 19.7 Å². The molecule has 0 aliphatic rings. The van der Waals surface area contributed by atoms with Crippen molar-refractivity contribution in [3.05, 3.63) is 76.0 Å². The van der Waals surface area contributed by atoms with Crippen LogP contribution in [0, 0.1) is 10.1 Å². The zero-order valence-electron chi connectivity index (χ0n) is 16.6. The minimum absolute atomic E-state index is 0.101. The quantitative estimate of drug-likeness (QED) is 0.339. The zero-order chi connectivity index (χ0) is 22.4. The van der Waals surface area contributed by atoms with E-state index in [9.17, 15) is 19.7 Å². The van der Waals surface area contributed by atoms with Gasteiger partial charge in [0.05, 0.1) is 23.8 Å². The van der Waals surface area contributed by atoms with E-state index in [1.807, 2.05) is 0 Å². The second-order valence-electron chi connectivity index (χ2n) is 6.30. The number of amides is 2. The number of anilines is 1. The average molecular weight is 422 g/mol. The number of methoxy groups -OCH3 is 1. The molecule has 0 aliphatic heterocycles. The van der Waals surface area contributed by atoms with E-state index < -0.39 is 10.8 Å². The minimum Gasteiger partial charge on any atom is -0.496 e. The number of rotatable bonds is 7. The van der Waals surface area contributed by atoms with Crippen LogP contribution in [0.25, 0.3) is 11.3 Å². The number of carbonyl (C=O) groups excluding carboxylic acids is 2. The van der Waals surface area contributed by atoms with Crippen molar-refractivity contribution in [2.24, 2.45) is 5.10 Å². The molecule has 31 heavy (non-hydrogen) atoms. The molecule has 1 heterocycles. The van der Waals surface area contributed by atoms with Crippen LogP contribution in [0.15, 0.2) is 64.1 Å². The number of carbonyl (C=O) groups is 2. The number of hydrogen-bond acceptors (Lipinski definition) is 7. The smallest absolute Gasteiger partial charge is 0.271 e. The first-order valence-corrected chi connectivity index (χ1v) is 9.01. The molecule has 3 rings (SSSR count). The van der Waals surface area contributed by atoms with Gasteiger partial charge in [0.25, 0.3) is 11.6 Å². The van der Waals surface area contributed by atoms with Crippen molar-refractivity contribution < 1.29 is 23.7 Å². The number of nitro groups is 1. The lowest BCUT2D eigenvalue weighted by atomic mass is 10.1. The van der Waals surface area contributed by atoms with Gasteiger partial charge in [0, 0.05) is 30.3 Å². The molecule has 0 bridgehead atoms. The fraction of sp³-hybridized carbons (Fsp3) is 0.0952. The fourth-order valence-corrected chi connectivity index (χ4v) is 2.73. The molecule has 0 saturated heterocycles. The molecule has 2 amide bonds. The molecule has 2 aromatic carbocycles. The predicted octanol–water partition coefficient (Wildman–Crippen LogP) is 3.59. The lowest BCUT2D eigenvalue weighted by Gasteiger charge is -2.05. The summed E-state index contributed by atoms with van der Waals surface area (Å²) in [5.41, 5.74) is 3.48. The SMILES string of the molecule is COc1ccc([N+](=O)[O-])cc1-c1ccc(C=NNC(=O)c2cccc(NC(C)=O)c2)o1. The summed E-state index contributed by atoms with van der Waals surface area (Å²) in [7, 11) is 1.45. The van der Waals surface area contributed by atoms with Gasteiger partial charge in [-0.15, -0.1) is 0 Å². The molecular formula is C21H18N4O6. The molecule has 0 spiro atoms. The molecule has 0 saturated carbocycles. The highest BCUT2D eigenvalue weighted by molar-refractivity contribution is 5.97. The van der Waals surface area contributed by atoms with Gasteiger partial charge in [-0.2, -0.15) is 5.10 Å². The summed E-state index contributed by atoms with van der Waals surface area (Å²) in [4.78, 5) is 33.9. The summed E-state index contributed by atoms with van der Waals surface area (Å²) in [6, 6.07) is 13.8. The van der Waals surface area contributed by atoms with E-state index in [0.29, 0.717) is 34.1 Å². The van der Waals surface area contributed by atoms with Gasteiger partial charge in [-0.25, -0.2) is 5.43 Å². The third kappa shape index (κ3) is 5.32. The fourth-order valence-electron chi connectivity index (χ4n) is 2.73. The van der Waals surface area contributed by atoms with Gasteiger partial charge >= 0.3 is 0 Å². The van der Waals surface area contributed by atoms with Gasteiger partial charge in [0.1, 0.15) is 17.3 Å². The van der Waals surface area contributed by atoms with Gasteiger partial charge in [-0.05, 0) is 36.4 Å². The van der Waals surface area contributed by atoms with Crippen LogP contribution in [-0.4, -0.2) is 30.1 Å². The highest BCUT2D eigenvalue weighted by Gasteiger charge is 2.15. The van der Waals surface area contributed by atoms with E-state index in [-0.39, 0.29) is 11.6 Å². The van der Waals surface area contributed by atoms with E-state index in [1.54, 1.807) is 30.3 Å². The lowest BCUT2D eigenvalue weighted by molar-refractivity contribution is -0.384. The van der Waals surface area contributed by atoms with Gasteiger partial charge < -0.3 is 14.5 Å². The molecule has 0 unspecified atom stereocenters. The molecule has 0 atom stereocenters. The number of nitrogens with one attached hydrogen (secondary N) is 2. The average Bonchev–Trinajstić information content (AvgIpc) is 3.21. The van der Waals surface area contributed by atoms with Crippen LogP contribution >= 0.6 is 0 Å². The molecule has 2 N–H and O–H groups in total. The molecule has 0 aliphatic carbocycles.